The highest BCUT2D eigenvalue weighted by molar-refractivity contribution is 7.47. The maximum atomic E-state index is 12.8. The molecule has 354 valence electrons. The van der Waals surface area contributed by atoms with Crippen LogP contribution < -0.4 is 0 Å². The van der Waals surface area contributed by atoms with Crippen LogP contribution in [0.3, 0.4) is 0 Å². The van der Waals surface area contributed by atoms with E-state index >= 15 is 0 Å². The first-order chi connectivity index (χ1) is 29.4. The third kappa shape index (κ3) is 29.7. The van der Waals surface area contributed by atoms with Crippen molar-refractivity contribution in [2.75, 3.05) is 13.2 Å². The SMILES string of the molecule is CCC=CCC=CCC=CCC=CCCCCCCC(=O)OC(COC(=O)CCCCCCCCCCCCCCCCC)COP(=O)(O)OC1C(O)C(O)C(O)C(O)C1O. The summed E-state index contributed by atoms with van der Waals surface area (Å²) in [5.41, 5.74) is 0. The van der Waals surface area contributed by atoms with Crippen molar-refractivity contribution >= 4 is 19.8 Å². The Balaban J connectivity index is 2.47. The first-order valence-corrected chi connectivity index (χ1v) is 24.9. The number of unbranched alkanes of at least 4 members (excludes halogenated alkanes) is 18. The number of ether oxygens (including phenoxy) is 2. The second-order valence-electron chi connectivity index (χ2n) is 16.2. The number of carbonyl (C=O) groups excluding carboxylic acids is 2. The first kappa shape index (κ1) is 56.8. The quantitative estimate of drug-likeness (QED) is 0.0148. The van der Waals surface area contributed by atoms with Gasteiger partial charge in [0.2, 0.25) is 0 Å². The third-order valence-corrected chi connectivity index (χ3v) is 11.7. The molecule has 1 rings (SSSR count). The van der Waals surface area contributed by atoms with Crippen molar-refractivity contribution in [1.82, 2.24) is 0 Å². The van der Waals surface area contributed by atoms with Crippen molar-refractivity contribution in [3.05, 3.63) is 48.6 Å². The molecule has 13 nitrogen and oxygen atoms in total. The second kappa shape index (κ2) is 37.2. The third-order valence-electron chi connectivity index (χ3n) is 10.7. The Bertz CT molecular complexity index is 1250. The maximum absolute atomic E-state index is 12.8. The molecule has 0 heterocycles. The molecule has 0 aromatic heterocycles. The van der Waals surface area contributed by atoms with E-state index in [1.54, 1.807) is 0 Å². The Morgan fingerprint density at radius 1 is 0.525 bits per heavy atom. The fourth-order valence-corrected chi connectivity index (χ4v) is 7.90. The van der Waals surface area contributed by atoms with Gasteiger partial charge in [-0.3, -0.25) is 18.6 Å². The van der Waals surface area contributed by atoms with Crippen LogP contribution in [-0.2, 0) is 32.7 Å². The van der Waals surface area contributed by atoms with E-state index < -0.39 is 75.7 Å². The van der Waals surface area contributed by atoms with E-state index in [2.05, 4.69) is 62.5 Å². The van der Waals surface area contributed by atoms with Crippen LogP contribution in [-0.4, -0.2) is 98.3 Å². The maximum Gasteiger partial charge on any atom is 0.472 e. The van der Waals surface area contributed by atoms with E-state index in [9.17, 15) is 44.6 Å². The largest absolute Gasteiger partial charge is 0.472 e. The summed E-state index contributed by atoms with van der Waals surface area (Å²) in [5.74, 6) is -1.12. The van der Waals surface area contributed by atoms with Gasteiger partial charge in [-0.25, -0.2) is 4.57 Å². The minimum atomic E-state index is -5.12. The Morgan fingerprint density at radius 3 is 1.43 bits per heavy atom. The number of carbonyl (C=O) groups is 2. The van der Waals surface area contributed by atoms with Crippen LogP contribution in [0.25, 0.3) is 0 Å². The molecule has 0 amide bonds. The zero-order valence-electron chi connectivity index (χ0n) is 37.4. The molecule has 1 saturated carbocycles. The van der Waals surface area contributed by atoms with Crippen molar-refractivity contribution < 1.29 is 63.1 Å². The topological polar surface area (TPSA) is 210 Å². The highest BCUT2D eigenvalue weighted by Gasteiger charge is 2.51. The number of hydrogen-bond acceptors (Lipinski definition) is 12. The summed E-state index contributed by atoms with van der Waals surface area (Å²) in [7, 11) is -5.12. The van der Waals surface area contributed by atoms with Gasteiger partial charge in [0.05, 0.1) is 6.61 Å². The van der Waals surface area contributed by atoms with Crippen LogP contribution in [0, 0.1) is 0 Å². The van der Waals surface area contributed by atoms with E-state index in [-0.39, 0.29) is 12.8 Å². The number of hydrogen-bond donors (Lipinski definition) is 6. The van der Waals surface area contributed by atoms with Gasteiger partial charge in [-0.2, -0.15) is 0 Å². The average molecular weight is 887 g/mol. The van der Waals surface area contributed by atoms with E-state index in [1.807, 2.05) is 0 Å². The lowest BCUT2D eigenvalue weighted by molar-refractivity contribution is -0.220. The number of aliphatic hydroxyl groups is 5. The highest BCUT2D eigenvalue weighted by Crippen LogP contribution is 2.47. The number of esters is 2. The van der Waals surface area contributed by atoms with Crippen LogP contribution in [0.1, 0.15) is 181 Å². The number of phosphoric acid groups is 1. The molecule has 6 unspecified atom stereocenters. The van der Waals surface area contributed by atoms with Crippen molar-refractivity contribution in [3.8, 4) is 0 Å². The van der Waals surface area contributed by atoms with Gasteiger partial charge >= 0.3 is 19.8 Å². The second-order valence-corrected chi connectivity index (χ2v) is 17.6. The molecule has 14 heteroatoms. The van der Waals surface area contributed by atoms with Crippen LogP contribution >= 0.6 is 7.82 Å². The van der Waals surface area contributed by atoms with E-state index in [4.69, 9.17) is 18.5 Å². The standard InChI is InChI=1S/C47H83O13P/c1-3-5-7-9-11-13-15-17-19-20-22-24-26-28-30-32-34-36-41(49)59-39(38-58-61(55,56)60-47-45(53)43(51)42(50)44(52)46(47)54)37-57-40(48)35-33-31-29-27-25-23-21-18-16-14-12-10-8-6-4-2/h5,7,11,13,17,19,22,24,39,42-47,50-54H,3-4,6,8-10,12,14-16,18,20-21,23,25-38H2,1-2H3,(H,55,56). The van der Waals surface area contributed by atoms with Gasteiger partial charge in [0.15, 0.2) is 6.10 Å². The average Bonchev–Trinajstić information content (AvgIpc) is 3.24. The highest BCUT2D eigenvalue weighted by atomic mass is 31.2. The van der Waals surface area contributed by atoms with Gasteiger partial charge in [-0.15, -0.1) is 0 Å². The van der Waals surface area contributed by atoms with Gasteiger partial charge < -0.3 is 39.9 Å². The van der Waals surface area contributed by atoms with Crippen molar-refractivity contribution in [3.63, 3.8) is 0 Å². The normalized spacial score (nSPS) is 22.4. The molecule has 1 aliphatic rings. The minimum Gasteiger partial charge on any atom is -0.462 e. The van der Waals surface area contributed by atoms with E-state index in [0.717, 1.165) is 70.6 Å². The Labute approximate surface area is 367 Å². The zero-order chi connectivity index (χ0) is 45.0. The zero-order valence-corrected chi connectivity index (χ0v) is 38.3. The van der Waals surface area contributed by atoms with Gasteiger partial charge in [0.1, 0.15) is 43.2 Å². The molecular weight excluding hydrogens is 803 g/mol. The summed E-state index contributed by atoms with van der Waals surface area (Å²) < 4.78 is 33.5. The molecule has 0 saturated heterocycles. The molecule has 1 aliphatic carbocycles. The van der Waals surface area contributed by atoms with Crippen molar-refractivity contribution in [1.29, 1.82) is 0 Å². The lowest BCUT2D eigenvalue weighted by Crippen LogP contribution is -2.64. The molecule has 0 aliphatic heterocycles. The molecule has 6 atom stereocenters. The Kier molecular flexibility index (Phi) is 34.7. The summed E-state index contributed by atoms with van der Waals surface area (Å²) in [6.07, 6.45) is 30.2. The van der Waals surface area contributed by atoms with Crippen LogP contribution in [0.5, 0.6) is 0 Å². The van der Waals surface area contributed by atoms with Gasteiger partial charge in [0.25, 0.3) is 0 Å². The number of allylic oxidation sites excluding steroid dienone is 8. The van der Waals surface area contributed by atoms with Gasteiger partial charge in [-0.1, -0.05) is 165 Å². The summed E-state index contributed by atoms with van der Waals surface area (Å²) in [6.45, 7) is 3.17. The molecule has 0 bridgehead atoms. The van der Waals surface area contributed by atoms with Gasteiger partial charge in [-0.05, 0) is 51.4 Å². The predicted octanol–water partition coefficient (Wildman–Crippen LogP) is 9.17. The first-order valence-electron chi connectivity index (χ1n) is 23.4. The van der Waals surface area contributed by atoms with Crippen LogP contribution in [0.2, 0.25) is 0 Å². The molecule has 1 fully saturated rings. The fraction of sp³-hybridized carbons (Fsp3) is 0.787. The molecule has 0 spiro atoms. The van der Waals surface area contributed by atoms with Crippen LogP contribution in [0.4, 0.5) is 0 Å². The Hall–Kier alpha value is -2.19. The number of rotatable bonds is 38. The number of phosphoric ester groups is 1. The summed E-state index contributed by atoms with van der Waals surface area (Å²) in [6, 6.07) is 0. The molecule has 6 N–H and O–H groups in total. The minimum absolute atomic E-state index is 0.0688. The lowest BCUT2D eigenvalue weighted by atomic mass is 9.85. The van der Waals surface area contributed by atoms with Gasteiger partial charge in [0, 0.05) is 12.8 Å². The molecular formula is C47H83O13P. The molecule has 0 radical (unpaired) electrons. The van der Waals surface area contributed by atoms with Crippen LogP contribution in [0.15, 0.2) is 48.6 Å². The van der Waals surface area contributed by atoms with Crippen molar-refractivity contribution in [2.24, 2.45) is 0 Å². The fourth-order valence-electron chi connectivity index (χ4n) is 6.93. The summed E-state index contributed by atoms with van der Waals surface area (Å²) in [5, 5.41) is 50.1. The molecule has 0 aromatic rings. The summed E-state index contributed by atoms with van der Waals surface area (Å²) >= 11 is 0. The monoisotopic (exact) mass is 887 g/mol. The molecule has 0 aromatic carbocycles. The smallest absolute Gasteiger partial charge is 0.462 e. The predicted molar refractivity (Wildman–Crippen MR) is 239 cm³/mol. The van der Waals surface area contributed by atoms with E-state index in [0.29, 0.717) is 12.8 Å². The van der Waals surface area contributed by atoms with E-state index in [1.165, 1.54) is 70.6 Å². The number of aliphatic hydroxyl groups excluding tert-OH is 5. The summed E-state index contributed by atoms with van der Waals surface area (Å²) in [4.78, 5) is 35.7. The molecule has 61 heavy (non-hydrogen) atoms. The van der Waals surface area contributed by atoms with Crippen molar-refractivity contribution in [2.45, 2.75) is 224 Å². The Morgan fingerprint density at radius 2 is 0.934 bits per heavy atom. The lowest BCUT2D eigenvalue weighted by Gasteiger charge is -2.41.